The molecule has 1 aromatic rings. The Bertz CT molecular complexity index is 352. The maximum Gasteiger partial charge on any atom is 0.304 e. The van der Waals surface area contributed by atoms with Crippen molar-refractivity contribution in [2.75, 3.05) is 0 Å². The largest absolute Gasteiger partial charge is 0.481 e. The van der Waals surface area contributed by atoms with E-state index in [1.54, 1.807) is 11.3 Å². The molecule has 0 aliphatic carbocycles. The predicted molar refractivity (Wildman–Crippen MR) is 64.8 cm³/mol. The first-order valence-corrected chi connectivity index (χ1v) is 6.27. The van der Waals surface area contributed by atoms with Crippen LogP contribution >= 0.6 is 11.3 Å². The van der Waals surface area contributed by atoms with Crippen LogP contribution in [-0.4, -0.2) is 22.1 Å². The summed E-state index contributed by atoms with van der Waals surface area (Å²) in [6.45, 7) is 5.98. The van der Waals surface area contributed by atoms with E-state index >= 15 is 0 Å². The number of rotatable bonds is 6. The fraction of sp³-hybridized carbons (Fsp3) is 0.636. The minimum Gasteiger partial charge on any atom is -0.481 e. The van der Waals surface area contributed by atoms with Crippen molar-refractivity contribution in [1.29, 1.82) is 0 Å². The zero-order valence-electron chi connectivity index (χ0n) is 9.86. The van der Waals surface area contributed by atoms with Crippen LogP contribution in [-0.2, 0) is 11.2 Å². The van der Waals surface area contributed by atoms with Crippen molar-refractivity contribution in [3.05, 3.63) is 16.1 Å². The van der Waals surface area contributed by atoms with Gasteiger partial charge in [0.25, 0.3) is 0 Å². The molecule has 0 aromatic carbocycles. The third kappa shape index (κ3) is 3.90. The number of hydrogen-bond acceptors (Lipinski definition) is 4. The average molecular weight is 242 g/mol. The zero-order valence-corrected chi connectivity index (χ0v) is 10.7. The van der Waals surface area contributed by atoms with E-state index in [0.29, 0.717) is 0 Å². The van der Waals surface area contributed by atoms with E-state index in [9.17, 15) is 4.79 Å². The maximum absolute atomic E-state index is 10.5. The van der Waals surface area contributed by atoms with Crippen LogP contribution in [0.15, 0.2) is 6.20 Å². The molecule has 2 atom stereocenters. The van der Waals surface area contributed by atoms with Gasteiger partial charge in [-0.2, -0.15) is 0 Å². The summed E-state index contributed by atoms with van der Waals surface area (Å²) in [5.41, 5.74) is 0. The molecular weight excluding hydrogens is 224 g/mol. The number of carboxylic acids is 1. The molecule has 2 unspecified atom stereocenters. The molecule has 2 N–H and O–H groups in total. The number of nitrogens with one attached hydrogen (secondary N) is 1. The third-order valence-electron chi connectivity index (χ3n) is 2.31. The highest BCUT2D eigenvalue weighted by atomic mass is 32.1. The Kier molecular flexibility index (Phi) is 4.89. The van der Waals surface area contributed by atoms with Crippen LogP contribution in [0.25, 0.3) is 0 Å². The molecule has 90 valence electrons. The van der Waals surface area contributed by atoms with Gasteiger partial charge in [-0.05, 0) is 20.3 Å². The first-order chi connectivity index (χ1) is 7.52. The molecule has 1 heterocycles. The van der Waals surface area contributed by atoms with Gasteiger partial charge in [-0.1, -0.05) is 6.92 Å². The Balaban J connectivity index is 2.51. The van der Waals surface area contributed by atoms with Gasteiger partial charge in [0, 0.05) is 17.1 Å². The molecule has 5 heteroatoms. The smallest absolute Gasteiger partial charge is 0.304 e. The van der Waals surface area contributed by atoms with Gasteiger partial charge in [-0.15, -0.1) is 11.3 Å². The van der Waals surface area contributed by atoms with Crippen molar-refractivity contribution in [2.45, 2.75) is 45.7 Å². The fourth-order valence-corrected chi connectivity index (χ4v) is 2.37. The quantitative estimate of drug-likeness (QED) is 0.803. The topological polar surface area (TPSA) is 62.2 Å². The Hall–Kier alpha value is -0.940. The van der Waals surface area contributed by atoms with Crippen molar-refractivity contribution in [3.63, 3.8) is 0 Å². The van der Waals surface area contributed by atoms with E-state index in [4.69, 9.17) is 5.11 Å². The van der Waals surface area contributed by atoms with Crippen molar-refractivity contribution < 1.29 is 9.90 Å². The number of carboxylic acid groups (broad SMARTS) is 1. The SMILES string of the molecule is CCc1cnc(C(C)NC(C)CC(=O)O)s1. The lowest BCUT2D eigenvalue weighted by molar-refractivity contribution is -0.137. The number of thiazole rings is 1. The maximum atomic E-state index is 10.5. The first-order valence-electron chi connectivity index (χ1n) is 5.45. The van der Waals surface area contributed by atoms with E-state index in [2.05, 4.69) is 17.2 Å². The lowest BCUT2D eigenvalue weighted by Crippen LogP contribution is -2.30. The van der Waals surface area contributed by atoms with Gasteiger partial charge in [-0.25, -0.2) is 4.98 Å². The minimum atomic E-state index is -0.777. The van der Waals surface area contributed by atoms with Crippen LogP contribution < -0.4 is 5.32 Å². The molecule has 0 amide bonds. The van der Waals surface area contributed by atoms with Crippen molar-refractivity contribution in [2.24, 2.45) is 0 Å². The van der Waals surface area contributed by atoms with Crippen LogP contribution in [0.4, 0.5) is 0 Å². The predicted octanol–water partition coefficient (Wildman–Crippen LogP) is 2.22. The monoisotopic (exact) mass is 242 g/mol. The van der Waals surface area contributed by atoms with E-state index in [1.807, 2.05) is 20.0 Å². The molecule has 0 spiro atoms. The molecule has 0 radical (unpaired) electrons. The lowest BCUT2D eigenvalue weighted by atomic mass is 10.2. The number of aromatic nitrogens is 1. The van der Waals surface area contributed by atoms with Crippen molar-refractivity contribution >= 4 is 17.3 Å². The molecule has 0 saturated carbocycles. The van der Waals surface area contributed by atoms with Crippen LogP contribution in [0.1, 0.15) is 43.1 Å². The van der Waals surface area contributed by atoms with E-state index in [1.165, 1.54) is 4.88 Å². The highest BCUT2D eigenvalue weighted by Gasteiger charge is 2.14. The van der Waals surface area contributed by atoms with Crippen LogP contribution in [0.5, 0.6) is 0 Å². The molecule has 0 fully saturated rings. The zero-order chi connectivity index (χ0) is 12.1. The highest BCUT2D eigenvalue weighted by molar-refractivity contribution is 7.11. The average Bonchev–Trinajstić information content (AvgIpc) is 2.64. The summed E-state index contributed by atoms with van der Waals surface area (Å²) in [4.78, 5) is 16.1. The van der Waals surface area contributed by atoms with Gasteiger partial charge in [0.15, 0.2) is 0 Å². The Morgan fingerprint density at radius 2 is 2.31 bits per heavy atom. The normalized spacial score (nSPS) is 14.7. The van der Waals surface area contributed by atoms with Crippen LogP contribution in [0.2, 0.25) is 0 Å². The summed E-state index contributed by atoms with van der Waals surface area (Å²) >= 11 is 1.68. The lowest BCUT2D eigenvalue weighted by Gasteiger charge is -2.16. The number of hydrogen-bond donors (Lipinski definition) is 2. The standard InChI is InChI=1S/C11H18N2O2S/c1-4-9-6-12-11(16-9)8(3)13-7(2)5-10(14)15/h6-8,13H,4-5H2,1-3H3,(H,14,15). The van der Waals surface area contributed by atoms with Crippen LogP contribution in [0, 0.1) is 0 Å². The second-order valence-corrected chi connectivity index (χ2v) is 5.05. The Morgan fingerprint density at radius 3 is 2.81 bits per heavy atom. The summed E-state index contributed by atoms with van der Waals surface area (Å²) in [5.74, 6) is -0.777. The molecule has 0 bridgehead atoms. The Labute approximate surface area is 99.7 Å². The number of aryl methyl sites for hydroxylation is 1. The summed E-state index contributed by atoms with van der Waals surface area (Å²) in [7, 11) is 0. The molecular formula is C11H18N2O2S. The van der Waals surface area contributed by atoms with Gasteiger partial charge < -0.3 is 10.4 Å². The van der Waals surface area contributed by atoms with E-state index < -0.39 is 5.97 Å². The number of aliphatic carboxylic acids is 1. The van der Waals surface area contributed by atoms with Crippen LogP contribution in [0.3, 0.4) is 0 Å². The molecule has 0 aliphatic heterocycles. The third-order valence-corrected chi connectivity index (χ3v) is 3.63. The van der Waals surface area contributed by atoms with Gasteiger partial charge in [-0.3, -0.25) is 4.79 Å². The van der Waals surface area contributed by atoms with E-state index in [-0.39, 0.29) is 18.5 Å². The van der Waals surface area contributed by atoms with Gasteiger partial charge >= 0.3 is 5.97 Å². The summed E-state index contributed by atoms with van der Waals surface area (Å²) < 4.78 is 0. The fourth-order valence-electron chi connectivity index (χ4n) is 1.51. The van der Waals surface area contributed by atoms with Gasteiger partial charge in [0.05, 0.1) is 12.5 Å². The summed E-state index contributed by atoms with van der Waals surface area (Å²) in [6, 6.07) is 0.0705. The second-order valence-electron chi connectivity index (χ2n) is 3.91. The number of carbonyl (C=O) groups is 1. The van der Waals surface area contributed by atoms with Gasteiger partial charge in [0.1, 0.15) is 5.01 Å². The molecule has 1 aromatic heterocycles. The molecule has 4 nitrogen and oxygen atoms in total. The van der Waals surface area contributed by atoms with Crippen molar-refractivity contribution in [3.8, 4) is 0 Å². The molecule has 0 saturated heterocycles. The minimum absolute atomic E-state index is 0.0403. The van der Waals surface area contributed by atoms with E-state index in [0.717, 1.165) is 11.4 Å². The van der Waals surface area contributed by atoms with Crippen molar-refractivity contribution in [1.82, 2.24) is 10.3 Å². The summed E-state index contributed by atoms with van der Waals surface area (Å²) in [5, 5.41) is 12.9. The molecule has 0 aliphatic rings. The molecule has 16 heavy (non-hydrogen) atoms. The molecule has 1 rings (SSSR count). The summed E-state index contributed by atoms with van der Waals surface area (Å²) in [6.07, 6.45) is 3.02. The Morgan fingerprint density at radius 1 is 1.62 bits per heavy atom. The second kappa shape index (κ2) is 5.96. The van der Waals surface area contributed by atoms with Gasteiger partial charge in [0.2, 0.25) is 0 Å². The first kappa shape index (κ1) is 13.1. The highest BCUT2D eigenvalue weighted by Crippen LogP contribution is 2.20. The number of nitrogens with zero attached hydrogens (tertiary/aromatic N) is 1.